The maximum Gasteiger partial charge on any atom is 0.292 e. The molecule has 5 nitrogen and oxygen atoms in total. The number of anilines is 1. The number of rotatable bonds is 7. The minimum absolute atomic E-state index is 0.0662. The van der Waals surface area contributed by atoms with Gasteiger partial charge in [0, 0.05) is 18.0 Å². The van der Waals surface area contributed by atoms with Gasteiger partial charge >= 0.3 is 0 Å². The van der Waals surface area contributed by atoms with Crippen molar-refractivity contribution in [3.8, 4) is 0 Å². The number of para-hydroxylation sites is 2. The first kappa shape index (κ1) is 14.4. The van der Waals surface area contributed by atoms with E-state index in [2.05, 4.69) is 5.32 Å². The van der Waals surface area contributed by atoms with Crippen LogP contribution in [-0.4, -0.2) is 23.2 Å². The lowest BCUT2D eigenvalue weighted by molar-refractivity contribution is -0.384. The van der Waals surface area contributed by atoms with Gasteiger partial charge in [0.25, 0.3) is 5.69 Å². The molecule has 1 aromatic rings. The molecule has 18 heavy (non-hydrogen) atoms. The Balaban J connectivity index is 2.83. The Morgan fingerprint density at radius 3 is 2.44 bits per heavy atom. The molecule has 0 unspecified atom stereocenters. The first-order valence-corrected chi connectivity index (χ1v) is 6.16. The van der Waals surface area contributed by atoms with Gasteiger partial charge in [-0.25, -0.2) is 0 Å². The summed E-state index contributed by atoms with van der Waals surface area (Å²) >= 11 is 0. The van der Waals surface area contributed by atoms with Crippen LogP contribution >= 0.6 is 0 Å². The third-order valence-corrected chi connectivity index (χ3v) is 3.59. The Hall–Kier alpha value is -1.62. The number of benzene rings is 1. The van der Waals surface area contributed by atoms with E-state index in [0.717, 1.165) is 12.8 Å². The van der Waals surface area contributed by atoms with Crippen molar-refractivity contribution in [2.24, 2.45) is 5.41 Å². The van der Waals surface area contributed by atoms with Crippen LogP contribution in [0.3, 0.4) is 0 Å². The van der Waals surface area contributed by atoms with E-state index in [-0.39, 0.29) is 17.7 Å². The molecule has 0 spiro atoms. The van der Waals surface area contributed by atoms with Crippen molar-refractivity contribution >= 4 is 11.4 Å². The molecule has 0 aliphatic carbocycles. The van der Waals surface area contributed by atoms with Crippen molar-refractivity contribution in [2.45, 2.75) is 26.7 Å². The van der Waals surface area contributed by atoms with Crippen LogP contribution in [0.2, 0.25) is 0 Å². The zero-order valence-electron chi connectivity index (χ0n) is 10.8. The molecule has 1 rings (SSSR count). The molecule has 0 amide bonds. The normalized spacial score (nSPS) is 11.3. The smallest absolute Gasteiger partial charge is 0.292 e. The molecule has 0 aliphatic rings. The van der Waals surface area contributed by atoms with E-state index in [4.69, 9.17) is 0 Å². The topological polar surface area (TPSA) is 75.4 Å². The largest absolute Gasteiger partial charge is 0.396 e. The van der Waals surface area contributed by atoms with Crippen LogP contribution in [-0.2, 0) is 0 Å². The Kier molecular flexibility index (Phi) is 5.09. The van der Waals surface area contributed by atoms with Gasteiger partial charge in [0.1, 0.15) is 5.69 Å². The van der Waals surface area contributed by atoms with Crippen LogP contribution in [0.25, 0.3) is 0 Å². The fourth-order valence-electron chi connectivity index (χ4n) is 1.84. The number of hydrogen-bond donors (Lipinski definition) is 2. The van der Waals surface area contributed by atoms with Crippen LogP contribution in [0.5, 0.6) is 0 Å². The lowest BCUT2D eigenvalue weighted by Crippen LogP contribution is -2.32. The van der Waals surface area contributed by atoms with Crippen molar-refractivity contribution in [2.75, 3.05) is 18.5 Å². The monoisotopic (exact) mass is 252 g/mol. The van der Waals surface area contributed by atoms with Crippen molar-refractivity contribution < 1.29 is 10.0 Å². The van der Waals surface area contributed by atoms with Crippen molar-refractivity contribution in [3.05, 3.63) is 34.4 Å². The summed E-state index contributed by atoms with van der Waals surface area (Å²) in [6.45, 7) is 4.64. The van der Waals surface area contributed by atoms with E-state index >= 15 is 0 Å². The van der Waals surface area contributed by atoms with Gasteiger partial charge in [-0.05, 0) is 18.9 Å². The first-order chi connectivity index (χ1) is 8.58. The second kappa shape index (κ2) is 6.35. The van der Waals surface area contributed by atoms with Gasteiger partial charge in [-0.15, -0.1) is 0 Å². The van der Waals surface area contributed by atoms with E-state index in [1.807, 2.05) is 13.8 Å². The average molecular weight is 252 g/mol. The zero-order chi connectivity index (χ0) is 13.6. The Morgan fingerprint density at radius 2 is 1.94 bits per heavy atom. The molecule has 0 saturated heterocycles. The average Bonchev–Trinajstić information content (AvgIpc) is 2.41. The van der Waals surface area contributed by atoms with Crippen LogP contribution in [0, 0.1) is 15.5 Å². The molecule has 0 radical (unpaired) electrons. The first-order valence-electron chi connectivity index (χ1n) is 6.16. The van der Waals surface area contributed by atoms with Gasteiger partial charge in [-0.3, -0.25) is 10.1 Å². The van der Waals surface area contributed by atoms with Gasteiger partial charge in [0.2, 0.25) is 0 Å². The van der Waals surface area contributed by atoms with Crippen molar-refractivity contribution in [1.82, 2.24) is 0 Å². The second-order valence-electron chi connectivity index (χ2n) is 4.49. The van der Waals surface area contributed by atoms with Gasteiger partial charge in [-0.1, -0.05) is 26.0 Å². The molecule has 1 aromatic carbocycles. The zero-order valence-corrected chi connectivity index (χ0v) is 10.8. The summed E-state index contributed by atoms with van der Waals surface area (Å²) in [5.74, 6) is 0. The second-order valence-corrected chi connectivity index (χ2v) is 4.49. The van der Waals surface area contributed by atoms with Crippen LogP contribution in [0.15, 0.2) is 24.3 Å². The Morgan fingerprint density at radius 1 is 1.33 bits per heavy atom. The number of nitro groups is 1. The summed E-state index contributed by atoms with van der Waals surface area (Å²) in [5.41, 5.74) is 0.350. The molecule has 0 heterocycles. The number of aliphatic hydroxyl groups excluding tert-OH is 1. The number of nitrogens with one attached hydrogen (secondary N) is 1. The summed E-state index contributed by atoms with van der Waals surface area (Å²) in [5, 5.41) is 23.4. The SMILES string of the molecule is CCC(CC)(CO)CNc1ccccc1[N+](=O)[O-]. The summed E-state index contributed by atoms with van der Waals surface area (Å²) in [6.07, 6.45) is 1.65. The highest BCUT2D eigenvalue weighted by Gasteiger charge is 2.26. The number of hydrogen-bond acceptors (Lipinski definition) is 4. The summed E-state index contributed by atoms with van der Waals surface area (Å²) in [7, 11) is 0. The third kappa shape index (κ3) is 3.20. The van der Waals surface area contributed by atoms with E-state index in [0.29, 0.717) is 12.2 Å². The third-order valence-electron chi connectivity index (χ3n) is 3.59. The van der Waals surface area contributed by atoms with E-state index < -0.39 is 4.92 Å². The highest BCUT2D eigenvalue weighted by molar-refractivity contribution is 5.61. The highest BCUT2D eigenvalue weighted by Crippen LogP contribution is 2.29. The number of aliphatic hydroxyl groups is 1. The maximum absolute atomic E-state index is 10.9. The van der Waals surface area contributed by atoms with E-state index in [1.165, 1.54) is 6.07 Å². The number of nitrogens with zero attached hydrogens (tertiary/aromatic N) is 1. The Bertz CT molecular complexity index is 395. The predicted molar refractivity (Wildman–Crippen MR) is 71.7 cm³/mol. The molecule has 0 aromatic heterocycles. The fourth-order valence-corrected chi connectivity index (χ4v) is 1.84. The quantitative estimate of drug-likeness (QED) is 0.578. The fraction of sp³-hybridized carbons (Fsp3) is 0.538. The predicted octanol–water partition coefficient (Wildman–Crippen LogP) is 2.81. The molecular formula is C13H20N2O3. The van der Waals surface area contributed by atoms with Gasteiger partial charge < -0.3 is 10.4 Å². The van der Waals surface area contributed by atoms with Gasteiger partial charge in [0.15, 0.2) is 0 Å². The molecule has 0 fully saturated rings. The maximum atomic E-state index is 10.9. The molecule has 0 atom stereocenters. The van der Waals surface area contributed by atoms with Gasteiger partial charge in [-0.2, -0.15) is 0 Å². The molecule has 0 aliphatic heterocycles. The van der Waals surface area contributed by atoms with E-state index in [1.54, 1.807) is 18.2 Å². The molecule has 2 N–H and O–H groups in total. The van der Waals surface area contributed by atoms with E-state index in [9.17, 15) is 15.2 Å². The molecule has 0 saturated carbocycles. The molecule has 5 heteroatoms. The molecule has 0 bridgehead atoms. The van der Waals surface area contributed by atoms with Crippen molar-refractivity contribution in [1.29, 1.82) is 0 Å². The van der Waals surface area contributed by atoms with Crippen LogP contribution < -0.4 is 5.32 Å². The van der Waals surface area contributed by atoms with Gasteiger partial charge in [0.05, 0.1) is 11.5 Å². The Labute approximate surface area is 107 Å². The van der Waals surface area contributed by atoms with Crippen LogP contribution in [0.4, 0.5) is 11.4 Å². The minimum Gasteiger partial charge on any atom is -0.396 e. The lowest BCUT2D eigenvalue weighted by Gasteiger charge is -2.29. The lowest BCUT2D eigenvalue weighted by atomic mass is 9.83. The summed E-state index contributed by atoms with van der Waals surface area (Å²) in [6, 6.07) is 6.56. The molecule has 100 valence electrons. The van der Waals surface area contributed by atoms with Crippen LogP contribution in [0.1, 0.15) is 26.7 Å². The number of nitro benzene ring substituents is 1. The van der Waals surface area contributed by atoms with Crippen molar-refractivity contribution in [3.63, 3.8) is 0 Å². The molecular weight excluding hydrogens is 232 g/mol. The minimum atomic E-state index is -0.402. The highest BCUT2D eigenvalue weighted by atomic mass is 16.6. The standard InChI is InChI=1S/C13H20N2O3/c1-3-13(4-2,10-16)9-14-11-7-5-6-8-12(11)15(17)18/h5-8,14,16H,3-4,9-10H2,1-2H3. The summed E-state index contributed by atoms with van der Waals surface area (Å²) < 4.78 is 0. The summed E-state index contributed by atoms with van der Waals surface area (Å²) in [4.78, 5) is 10.5.